The highest BCUT2D eigenvalue weighted by Gasteiger charge is 2.36. The lowest BCUT2D eigenvalue weighted by Gasteiger charge is -2.35. The minimum atomic E-state index is -1.95. The monoisotopic (exact) mass is 202 g/mol. The van der Waals surface area contributed by atoms with Crippen LogP contribution in [0, 0.1) is 0 Å². The Hall–Kier alpha value is 0.177. The quantitative estimate of drug-likeness (QED) is 0.511. The van der Waals surface area contributed by atoms with E-state index in [9.17, 15) is 4.80 Å². The summed E-state index contributed by atoms with van der Waals surface area (Å²) in [5, 5.41) is 0.181. The van der Waals surface area contributed by atoms with Crippen molar-refractivity contribution in [1.82, 2.24) is 0 Å². The van der Waals surface area contributed by atoms with E-state index in [-0.39, 0.29) is 5.04 Å². The van der Waals surface area contributed by atoms with Crippen LogP contribution in [0.15, 0.2) is 0 Å². The molecule has 0 saturated heterocycles. The lowest BCUT2D eigenvalue weighted by atomic mass is 10.0. The maximum absolute atomic E-state index is 10.0. The molecule has 0 aromatic heterocycles. The summed E-state index contributed by atoms with van der Waals surface area (Å²) < 4.78 is 0. The van der Waals surface area contributed by atoms with Gasteiger partial charge in [0.05, 0.1) is 0 Å². The van der Waals surface area contributed by atoms with Gasteiger partial charge in [-0.25, -0.2) is 0 Å². The highest BCUT2D eigenvalue weighted by atomic mass is 28.4. The molecule has 0 fully saturated rings. The van der Waals surface area contributed by atoms with Crippen LogP contribution in [0.3, 0.4) is 0 Å². The highest BCUT2D eigenvalue weighted by Crippen LogP contribution is 2.40. The van der Waals surface area contributed by atoms with Crippen LogP contribution in [0.2, 0.25) is 18.1 Å². The number of unbranched alkanes of at least 4 members (excludes halogenated alkanes) is 3. The molecule has 0 aliphatic rings. The maximum atomic E-state index is 10.0. The normalized spacial score (nSPS) is 13.4. The largest absolute Gasteiger partial charge is 0.432 e. The Kier molecular flexibility index (Phi) is 5.23. The van der Waals surface area contributed by atoms with Crippen molar-refractivity contribution in [2.75, 3.05) is 0 Å². The van der Waals surface area contributed by atoms with Gasteiger partial charge in [0, 0.05) is 0 Å². The second kappa shape index (κ2) is 5.16. The topological polar surface area (TPSA) is 20.2 Å². The summed E-state index contributed by atoms with van der Waals surface area (Å²) in [4.78, 5) is 10.0. The molecule has 13 heavy (non-hydrogen) atoms. The Bertz CT molecular complexity index is 136. The van der Waals surface area contributed by atoms with Crippen LogP contribution >= 0.6 is 0 Å². The van der Waals surface area contributed by atoms with Gasteiger partial charge in [-0.2, -0.15) is 0 Å². The van der Waals surface area contributed by atoms with Crippen LogP contribution in [0.1, 0.15) is 52.9 Å². The standard InChI is InChI=1S/C11H26OSi/c1-6-7-8-9-10-11(2,3)13(4,5)12/h12H,6-10H2,1-5H3. The summed E-state index contributed by atoms with van der Waals surface area (Å²) in [7, 11) is -1.95. The van der Waals surface area contributed by atoms with E-state index in [2.05, 4.69) is 20.8 Å². The number of rotatable bonds is 6. The Morgan fingerprint density at radius 3 is 2.00 bits per heavy atom. The molecule has 0 unspecified atom stereocenters. The highest BCUT2D eigenvalue weighted by molar-refractivity contribution is 6.72. The molecule has 0 aromatic carbocycles. The van der Waals surface area contributed by atoms with Crippen LogP contribution in [-0.4, -0.2) is 13.1 Å². The molecule has 0 aliphatic heterocycles. The van der Waals surface area contributed by atoms with Crippen molar-refractivity contribution in [2.24, 2.45) is 0 Å². The second-order valence-corrected chi connectivity index (χ2v) is 9.73. The minimum absolute atomic E-state index is 0.181. The SMILES string of the molecule is CCCCCCC(C)(C)[Si](C)(C)O. The predicted molar refractivity (Wildman–Crippen MR) is 62.5 cm³/mol. The van der Waals surface area contributed by atoms with Crippen LogP contribution in [-0.2, 0) is 0 Å². The van der Waals surface area contributed by atoms with Crippen molar-refractivity contribution in [1.29, 1.82) is 0 Å². The van der Waals surface area contributed by atoms with Crippen molar-refractivity contribution in [3.05, 3.63) is 0 Å². The smallest absolute Gasteiger partial charge is 0.188 e. The van der Waals surface area contributed by atoms with Gasteiger partial charge in [0.15, 0.2) is 8.32 Å². The Labute approximate surface area is 84.7 Å². The van der Waals surface area contributed by atoms with Crippen molar-refractivity contribution in [2.45, 2.75) is 71.0 Å². The van der Waals surface area contributed by atoms with E-state index in [0.29, 0.717) is 0 Å². The van der Waals surface area contributed by atoms with E-state index >= 15 is 0 Å². The zero-order chi connectivity index (χ0) is 10.5. The molecule has 0 heterocycles. The first-order valence-electron chi connectivity index (χ1n) is 5.53. The summed E-state index contributed by atoms with van der Waals surface area (Å²) in [6.07, 6.45) is 6.41. The van der Waals surface area contributed by atoms with Crippen molar-refractivity contribution < 1.29 is 4.80 Å². The van der Waals surface area contributed by atoms with Gasteiger partial charge < -0.3 is 4.80 Å². The first kappa shape index (κ1) is 13.2. The average molecular weight is 202 g/mol. The van der Waals surface area contributed by atoms with E-state index in [1.807, 2.05) is 13.1 Å². The summed E-state index contributed by atoms with van der Waals surface area (Å²) in [5.41, 5.74) is 0. The molecule has 80 valence electrons. The van der Waals surface area contributed by atoms with E-state index in [1.165, 1.54) is 32.1 Å². The molecule has 2 heteroatoms. The van der Waals surface area contributed by atoms with Crippen LogP contribution in [0.25, 0.3) is 0 Å². The van der Waals surface area contributed by atoms with E-state index in [0.717, 1.165) is 0 Å². The summed E-state index contributed by atoms with van der Waals surface area (Å²) in [5.74, 6) is 0. The van der Waals surface area contributed by atoms with Crippen molar-refractivity contribution in [3.8, 4) is 0 Å². The summed E-state index contributed by atoms with van der Waals surface area (Å²) >= 11 is 0. The van der Waals surface area contributed by atoms with Gasteiger partial charge in [0.1, 0.15) is 0 Å². The van der Waals surface area contributed by atoms with Crippen LogP contribution in [0.4, 0.5) is 0 Å². The molecular formula is C11H26OSi. The molecule has 0 spiro atoms. The lowest BCUT2D eigenvalue weighted by Crippen LogP contribution is -2.38. The molecule has 1 N–H and O–H groups in total. The Morgan fingerprint density at radius 1 is 1.08 bits per heavy atom. The first-order chi connectivity index (χ1) is 5.81. The third-order valence-corrected chi connectivity index (χ3v) is 6.87. The molecule has 1 nitrogen and oxygen atoms in total. The fourth-order valence-corrected chi connectivity index (χ4v) is 2.09. The molecule has 0 amide bonds. The van der Waals surface area contributed by atoms with Gasteiger partial charge in [-0.15, -0.1) is 0 Å². The zero-order valence-corrected chi connectivity index (χ0v) is 11.0. The number of hydrogen-bond donors (Lipinski definition) is 1. The van der Waals surface area contributed by atoms with Gasteiger partial charge in [-0.1, -0.05) is 46.5 Å². The van der Waals surface area contributed by atoms with Gasteiger partial charge in [-0.05, 0) is 24.6 Å². The van der Waals surface area contributed by atoms with Gasteiger partial charge in [-0.3, -0.25) is 0 Å². The van der Waals surface area contributed by atoms with Crippen molar-refractivity contribution >= 4 is 8.32 Å². The van der Waals surface area contributed by atoms with Crippen LogP contribution in [0.5, 0.6) is 0 Å². The molecule has 0 atom stereocenters. The second-order valence-electron chi connectivity index (χ2n) is 5.25. The first-order valence-corrected chi connectivity index (χ1v) is 8.48. The third-order valence-electron chi connectivity index (χ3n) is 3.31. The molecule has 0 saturated carbocycles. The molecule has 0 aromatic rings. The van der Waals surface area contributed by atoms with E-state index in [1.54, 1.807) is 0 Å². The molecule has 0 bridgehead atoms. The van der Waals surface area contributed by atoms with Crippen LogP contribution < -0.4 is 0 Å². The van der Waals surface area contributed by atoms with E-state index in [4.69, 9.17) is 0 Å². The average Bonchev–Trinajstić information content (AvgIpc) is 1.96. The lowest BCUT2D eigenvalue weighted by molar-refractivity contribution is 0.435. The summed E-state index contributed by atoms with van der Waals surface area (Å²) in [6, 6.07) is 0. The predicted octanol–water partition coefficient (Wildman–Crippen LogP) is 3.93. The fraction of sp³-hybridized carbons (Fsp3) is 1.00. The van der Waals surface area contributed by atoms with Gasteiger partial charge >= 0.3 is 0 Å². The third kappa shape index (κ3) is 4.82. The minimum Gasteiger partial charge on any atom is -0.432 e. The molecule has 0 radical (unpaired) electrons. The zero-order valence-electron chi connectivity index (χ0n) is 9.98. The van der Waals surface area contributed by atoms with Gasteiger partial charge in [0.25, 0.3) is 0 Å². The summed E-state index contributed by atoms with van der Waals surface area (Å²) in [6.45, 7) is 10.8. The van der Waals surface area contributed by atoms with Gasteiger partial charge in [0.2, 0.25) is 0 Å². The number of hydrogen-bond acceptors (Lipinski definition) is 1. The molecule has 0 rings (SSSR count). The fourth-order valence-electron chi connectivity index (χ4n) is 1.30. The molecule has 0 aliphatic carbocycles. The Morgan fingerprint density at radius 2 is 1.62 bits per heavy atom. The molecular weight excluding hydrogens is 176 g/mol. The van der Waals surface area contributed by atoms with Crippen molar-refractivity contribution in [3.63, 3.8) is 0 Å². The maximum Gasteiger partial charge on any atom is 0.188 e. The Balaban J connectivity index is 3.77. The van der Waals surface area contributed by atoms with E-state index < -0.39 is 8.32 Å².